The van der Waals surface area contributed by atoms with E-state index in [2.05, 4.69) is 61.5 Å². The lowest BCUT2D eigenvalue weighted by Gasteiger charge is -2.13. The predicted octanol–water partition coefficient (Wildman–Crippen LogP) is 5.03. The molecule has 0 saturated heterocycles. The van der Waals surface area contributed by atoms with Crippen LogP contribution in [0.2, 0.25) is 0 Å². The summed E-state index contributed by atoms with van der Waals surface area (Å²) < 4.78 is 0. The highest BCUT2D eigenvalue weighted by Crippen LogP contribution is 2.33. The van der Waals surface area contributed by atoms with E-state index in [0.29, 0.717) is 0 Å². The minimum Gasteiger partial charge on any atom is -0.252 e. The summed E-state index contributed by atoms with van der Waals surface area (Å²) in [5, 5.41) is 0. The van der Waals surface area contributed by atoms with Crippen molar-refractivity contribution in [3.05, 3.63) is 78.0 Å². The molecule has 0 N–H and O–H groups in total. The third-order valence-electron chi connectivity index (χ3n) is 3.45. The van der Waals surface area contributed by atoms with Crippen molar-refractivity contribution in [3.63, 3.8) is 0 Å². The largest absolute Gasteiger partial charge is 0.252 e. The molecule has 3 aromatic rings. The van der Waals surface area contributed by atoms with Crippen molar-refractivity contribution in [2.45, 2.75) is 13.8 Å². The molecule has 0 radical (unpaired) electrons. The van der Waals surface area contributed by atoms with Crippen LogP contribution in [0.25, 0.3) is 22.4 Å². The third-order valence-corrected chi connectivity index (χ3v) is 3.45. The lowest BCUT2D eigenvalue weighted by atomic mass is 9.95. The molecule has 3 rings (SSSR count). The first-order valence-corrected chi connectivity index (χ1v) is 6.85. The van der Waals surface area contributed by atoms with Gasteiger partial charge in [0.1, 0.15) is 0 Å². The maximum Gasteiger partial charge on any atom is 0.0786 e. The maximum absolute atomic E-state index is 4.78. The van der Waals surface area contributed by atoms with Gasteiger partial charge < -0.3 is 0 Å². The quantitative estimate of drug-likeness (QED) is 0.628. The molecule has 0 spiro atoms. The van der Waals surface area contributed by atoms with E-state index in [1.165, 1.54) is 16.7 Å². The van der Waals surface area contributed by atoms with E-state index < -0.39 is 0 Å². The molecular weight excluding hydrogens is 242 g/mol. The molecule has 0 aliphatic carbocycles. The zero-order valence-corrected chi connectivity index (χ0v) is 11.8. The second-order valence-corrected chi connectivity index (χ2v) is 5.04. The molecule has 0 unspecified atom stereocenters. The summed E-state index contributed by atoms with van der Waals surface area (Å²) in [6, 6.07) is 23.0. The Kier molecular flexibility index (Phi) is 3.34. The third kappa shape index (κ3) is 2.35. The molecule has 1 heterocycles. The first kappa shape index (κ1) is 12.6. The topological polar surface area (TPSA) is 12.9 Å². The van der Waals surface area contributed by atoms with Crippen LogP contribution in [0.3, 0.4) is 0 Å². The summed E-state index contributed by atoms with van der Waals surface area (Å²) in [4.78, 5) is 4.78. The van der Waals surface area contributed by atoms with Crippen molar-refractivity contribution in [1.29, 1.82) is 0 Å². The number of nitrogens with zero attached hydrogens (tertiary/aromatic N) is 1. The number of aryl methyl sites for hydroxylation is 2. The Morgan fingerprint density at radius 1 is 0.700 bits per heavy atom. The second-order valence-electron chi connectivity index (χ2n) is 5.04. The minimum atomic E-state index is 1.06. The van der Waals surface area contributed by atoms with E-state index in [1.807, 2.05) is 19.1 Å². The lowest BCUT2D eigenvalue weighted by molar-refractivity contribution is 1.18. The van der Waals surface area contributed by atoms with Crippen LogP contribution in [0, 0.1) is 13.8 Å². The molecule has 1 heteroatoms. The average molecular weight is 259 g/mol. The fourth-order valence-electron chi connectivity index (χ4n) is 2.61. The average Bonchev–Trinajstić information content (AvgIpc) is 2.48. The van der Waals surface area contributed by atoms with Crippen molar-refractivity contribution in [3.8, 4) is 22.4 Å². The van der Waals surface area contributed by atoms with E-state index in [-0.39, 0.29) is 0 Å². The smallest absolute Gasteiger partial charge is 0.0786 e. The van der Waals surface area contributed by atoms with Gasteiger partial charge in [-0.1, -0.05) is 60.7 Å². The molecular formula is C19H17N. The Labute approximate surface area is 119 Å². The van der Waals surface area contributed by atoms with Crippen molar-refractivity contribution in [2.24, 2.45) is 0 Å². The van der Waals surface area contributed by atoms with Gasteiger partial charge in [0, 0.05) is 16.8 Å². The van der Waals surface area contributed by atoms with Gasteiger partial charge in [-0.25, -0.2) is 0 Å². The fraction of sp³-hybridized carbons (Fsp3) is 0.105. The molecule has 1 aromatic heterocycles. The first-order chi connectivity index (χ1) is 9.75. The molecule has 0 aliphatic heterocycles. The minimum absolute atomic E-state index is 1.06. The van der Waals surface area contributed by atoms with Gasteiger partial charge in [-0.15, -0.1) is 0 Å². The Morgan fingerprint density at radius 3 is 1.85 bits per heavy atom. The van der Waals surface area contributed by atoms with E-state index in [0.717, 1.165) is 17.0 Å². The molecule has 98 valence electrons. The van der Waals surface area contributed by atoms with E-state index in [9.17, 15) is 0 Å². The Hall–Kier alpha value is -2.41. The van der Waals surface area contributed by atoms with Crippen molar-refractivity contribution in [1.82, 2.24) is 4.98 Å². The van der Waals surface area contributed by atoms with Crippen LogP contribution < -0.4 is 0 Å². The zero-order chi connectivity index (χ0) is 13.9. The molecule has 0 bridgehead atoms. The van der Waals surface area contributed by atoms with E-state index in [1.54, 1.807) is 0 Å². The van der Waals surface area contributed by atoms with Gasteiger partial charge in [0.2, 0.25) is 0 Å². The summed E-state index contributed by atoms with van der Waals surface area (Å²) in [6.07, 6.45) is 0. The molecule has 0 aliphatic rings. The van der Waals surface area contributed by atoms with Gasteiger partial charge in [0.15, 0.2) is 0 Å². The van der Waals surface area contributed by atoms with Gasteiger partial charge in [-0.05, 0) is 31.0 Å². The van der Waals surface area contributed by atoms with Gasteiger partial charge in [0.25, 0.3) is 0 Å². The normalized spacial score (nSPS) is 10.5. The predicted molar refractivity (Wildman–Crippen MR) is 84.6 cm³/mol. The van der Waals surface area contributed by atoms with Crippen LogP contribution in [-0.4, -0.2) is 4.98 Å². The fourth-order valence-corrected chi connectivity index (χ4v) is 2.61. The summed E-state index contributed by atoms with van der Waals surface area (Å²) in [6.45, 7) is 4.21. The van der Waals surface area contributed by atoms with Crippen LogP contribution in [0.1, 0.15) is 11.3 Å². The molecule has 0 fully saturated rings. The molecule has 0 amide bonds. The monoisotopic (exact) mass is 259 g/mol. The number of rotatable bonds is 2. The van der Waals surface area contributed by atoms with Crippen molar-refractivity contribution < 1.29 is 0 Å². The number of benzene rings is 2. The Balaban J connectivity index is 2.29. The van der Waals surface area contributed by atoms with Crippen LogP contribution in [0.15, 0.2) is 66.7 Å². The first-order valence-electron chi connectivity index (χ1n) is 6.85. The molecule has 0 saturated carbocycles. The zero-order valence-electron chi connectivity index (χ0n) is 11.8. The van der Waals surface area contributed by atoms with Crippen LogP contribution in [-0.2, 0) is 0 Å². The summed E-state index contributed by atoms with van der Waals surface area (Å²) in [5.41, 5.74) is 7.00. The number of hydrogen-bond acceptors (Lipinski definition) is 1. The van der Waals surface area contributed by atoms with Gasteiger partial charge in [-0.2, -0.15) is 0 Å². The SMILES string of the molecule is Cc1cc(C)c(-c2ccccc2)c(-c2ccccc2)n1. The highest BCUT2D eigenvalue weighted by Gasteiger charge is 2.12. The van der Waals surface area contributed by atoms with E-state index >= 15 is 0 Å². The Bertz CT molecular complexity index is 716. The van der Waals surface area contributed by atoms with Gasteiger partial charge in [0.05, 0.1) is 5.69 Å². The number of pyridine rings is 1. The van der Waals surface area contributed by atoms with Crippen LogP contribution in [0.4, 0.5) is 0 Å². The lowest BCUT2D eigenvalue weighted by Crippen LogP contribution is -1.95. The van der Waals surface area contributed by atoms with Crippen molar-refractivity contribution >= 4 is 0 Å². The van der Waals surface area contributed by atoms with Crippen LogP contribution in [0.5, 0.6) is 0 Å². The molecule has 20 heavy (non-hydrogen) atoms. The molecule has 2 aromatic carbocycles. The van der Waals surface area contributed by atoms with Crippen LogP contribution >= 0.6 is 0 Å². The summed E-state index contributed by atoms with van der Waals surface area (Å²) in [5.74, 6) is 0. The highest BCUT2D eigenvalue weighted by molar-refractivity contribution is 5.83. The van der Waals surface area contributed by atoms with Crippen molar-refractivity contribution in [2.75, 3.05) is 0 Å². The number of aromatic nitrogens is 1. The maximum atomic E-state index is 4.78. The highest BCUT2D eigenvalue weighted by atomic mass is 14.7. The van der Waals surface area contributed by atoms with Gasteiger partial charge in [-0.3, -0.25) is 4.98 Å². The second kappa shape index (κ2) is 5.30. The summed E-state index contributed by atoms with van der Waals surface area (Å²) in [7, 11) is 0. The number of hydrogen-bond donors (Lipinski definition) is 0. The standard InChI is InChI=1S/C19H17N/c1-14-13-15(2)20-19(17-11-7-4-8-12-17)18(14)16-9-5-3-6-10-16/h3-13H,1-2H3. The van der Waals surface area contributed by atoms with Gasteiger partial charge >= 0.3 is 0 Å². The molecule has 0 atom stereocenters. The Morgan fingerprint density at radius 2 is 1.25 bits per heavy atom. The van der Waals surface area contributed by atoms with E-state index in [4.69, 9.17) is 4.98 Å². The molecule has 1 nitrogen and oxygen atoms in total. The summed E-state index contributed by atoms with van der Waals surface area (Å²) >= 11 is 0.